The fourth-order valence-corrected chi connectivity index (χ4v) is 4.13. The summed E-state index contributed by atoms with van der Waals surface area (Å²) >= 11 is 2.99. The molecule has 2 rings (SSSR count). The van der Waals surface area contributed by atoms with E-state index in [0.717, 1.165) is 22.2 Å². The van der Waals surface area contributed by atoms with Crippen LogP contribution in [0.5, 0.6) is 0 Å². The van der Waals surface area contributed by atoms with Crippen LogP contribution in [0, 0.1) is 5.92 Å². The molecule has 4 nitrogen and oxygen atoms in total. The highest BCUT2D eigenvalue weighted by Gasteiger charge is 2.36. The first-order chi connectivity index (χ1) is 8.56. The minimum atomic E-state index is -0.285. The van der Waals surface area contributed by atoms with Gasteiger partial charge in [0.2, 0.25) is 5.88 Å². The molecule has 0 aromatic heterocycles. The zero-order valence-electron chi connectivity index (χ0n) is 10.7. The molecular weight excluding hydrogens is 270 g/mol. The Morgan fingerprint density at radius 2 is 2.28 bits per heavy atom. The third kappa shape index (κ3) is 2.36. The lowest BCUT2D eigenvalue weighted by Crippen LogP contribution is -2.27. The Morgan fingerprint density at radius 3 is 2.89 bits per heavy atom. The van der Waals surface area contributed by atoms with Gasteiger partial charge in [0.15, 0.2) is 0 Å². The molecule has 0 bridgehead atoms. The summed E-state index contributed by atoms with van der Waals surface area (Å²) in [5, 5.41) is 11.0. The van der Waals surface area contributed by atoms with Crippen molar-refractivity contribution in [2.24, 2.45) is 5.92 Å². The Bertz CT molecular complexity index is 429. The summed E-state index contributed by atoms with van der Waals surface area (Å²) in [5.41, 5.74) is 0. The topological polar surface area (TPSA) is 49.8 Å². The number of aliphatic hydroxyl groups is 1. The molecular formula is C12H17NO3S2. The molecule has 0 unspecified atom stereocenters. The molecule has 0 aromatic rings. The molecule has 0 radical (unpaired) electrons. The molecule has 0 aliphatic carbocycles. The van der Waals surface area contributed by atoms with E-state index < -0.39 is 0 Å². The van der Waals surface area contributed by atoms with E-state index in [0.29, 0.717) is 17.4 Å². The van der Waals surface area contributed by atoms with Crippen LogP contribution in [-0.2, 0) is 9.53 Å². The van der Waals surface area contributed by atoms with Crippen molar-refractivity contribution in [3.8, 4) is 0 Å². The highest BCUT2D eigenvalue weighted by molar-refractivity contribution is 8.09. The Hall–Kier alpha value is -0.750. The highest BCUT2D eigenvalue weighted by atomic mass is 32.2. The van der Waals surface area contributed by atoms with Crippen molar-refractivity contribution in [2.45, 2.75) is 20.8 Å². The van der Waals surface area contributed by atoms with Gasteiger partial charge >= 0.3 is 5.97 Å². The van der Waals surface area contributed by atoms with Gasteiger partial charge in [0.25, 0.3) is 0 Å². The maximum Gasteiger partial charge on any atom is 0.347 e. The van der Waals surface area contributed by atoms with Crippen LogP contribution in [-0.4, -0.2) is 34.9 Å². The number of aliphatic hydroxyl groups excluding tert-OH is 1. The van der Waals surface area contributed by atoms with Crippen LogP contribution >= 0.6 is 23.5 Å². The van der Waals surface area contributed by atoms with Crippen molar-refractivity contribution in [3.05, 3.63) is 20.7 Å². The van der Waals surface area contributed by atoms with E-state index in [2.05, 4.69) is 0 Å². The number of carbonyl (C=O) groups excluding carboxylic acids is 1. The van der Waals surface area contributed by atoms with E-state index in [1.807, 2.05) is 18.7 Å². The largest absolute Gasteiger partial charge is 0.494 e. The quantitative estimate of drug-likeness (QED) is 0.806. The van der Waals surface area contributed by atoms with Gasteiger partial charge in [0, 0.05) is 12.3 Å². The van der Waals surface area contributed by atoms with Gasteiger partial charge in [-0.25, -0.2) is 4.79 Å². The molecule has 2 aliphatic heterocycles. The van der Waals surface area contributed by atoms with Crippen LogP contribution in [0.15, 0.2) is 20.7 Å². The van der Waals surface area contributed by atoms with Crippen molar-refractivity contribution in [3.63, 3.8) is 0 Å². The smallest absolute Gasteiger partial charge is 0.347 e. The van der Waals surface area contributed by atoms with Gasteiger partial charge in [-0.1, -0.05) is 25.6 Å². The third-order valence-electron chi connectivity index (χ3n) is 2.67. The number of hydrogen-bond acceptors (Lipinski definition) is 6. The minimum absolute atomic E-state index is 0.251. The number of thioether (sulfide) groups is 2. The maximum atomic E-state index is 11.9. The zero-order chi connectivity index (χ0) is 13.3. The molecule has 0 aromatic carbocycles. The number of carbonyl (C=O) groups is 1. The number of allylic oxidation sites excluding steroid dienone is 1. The first kappa shape index (κ1) is 13.7. The van der Waals surface area contributed by atoms with Gasteiger partial charge in [0.1, 0.15) is 9.93 Å². The van der Waals surface area contributed by atoms with Crippen molar-refractivity contribution >= 4 is 29.5 Å². The third-order valence-corrected chi connectivity index (χ3v) is 5.32. The second-order valence-corrected chi connectivity index (χ2v) is 6.44. The minimum Gasteiger partial charge on any atom is -0.494 e. The van der Waals surface area contributed by atoms with E-state index in [1.54, 1.807) is 6.92 Å². The predicted molar refractivity (Wildman–Crippen MR) is 74.9 cm³/mol. The monoisotopic (exact) mass is 287 g/mol. The molecule has 0 atom stereocenters. The van der Waals surface area contributed by atoms with Crippen molar-refractivity contribution < 1.29 is 14.6 Å². The normalized spacial score (nSPS) is 19.7. The summed E-state index contributed by atoms with van der Waals surface area (Å²) in [6, 6.07) is 0. The average molecular weight is 287 g/mol. The summed E-state index contributed by atoms with van der Waals surface area (Å²) in [6.07, 6.45) is 0. The second kappa shape index (κ2) is 5.48. The van der Waals surface area contributed by atoms with Gasteiger partial charge in [-0.2, -0.15) is 0 Å². The fraction of sp³-hybridized carbons (Fsp3) is 0.583. The number of esters is 1. The maximum absolute atomic E-state index is 11.9. The van der Waals surface area contributed by atoms with E-state index in [-0.39, 0.29) is 11.9 Å². The zero-order valence-corrected chi connectivity index (χ0v) is 12.4. The van der Waals surface area contributed by atoms with Crippen LogP contribution in [0.4, 0.5) is 0 Å². The molecule has 0 amide bonds. The molecule has 0 saturated heterocycles. The number of ether oxygens (including phenoxy) is 1. The molecule has 6 heteroatoms. The van der Waals surface area contributed by atoms with E-state index in [4.69, 9.17) is 4.74 Å². The number of hydrogen-bond donors (Lipinski definition) is 1. The summed E-state index contributed by atoms with van der Waals surface area (Å²) in [6.45, 7) is 6.98. The average Bonchev–Trinajstić information content (AvgIpc) is 2.67. The summed E-state index contributed by atoms with van der Waals surface area (Å²) in [4.78, 5) is 15.3. The second-order valence-electron chi connectivity index (χ2n) is 4.30. The number of nitrogens with zero attached hydrogens (tertiary/aromatic N) is 1. The lowest BCUT2D eigenvalue weighted by Gasteiger charge is -2.25. The standard InChI is InChI=1S/C12H17NO3S2/c1-4-16-12(15)9-11-13(5-6-17-9)10(14)8(18-11)7(2)3/h7,14H,4-6H2,1-3H3. The molecule has 0 saturated carbocycles. The van der Waals surface area contributed by atoms with E-state index >= 15 is 0 Å². The Morgan fingerprint density at radius 1 is 1.56 bits per heavy atom. The van der Waals surface area contributed by atoms with Crippen molar-refractivity contribution in [1.29, 1.82) is 0 Å². The number of fused-ring (bicyclic) bond motifs is 1. The molecule has 100 valence electrons. The van der Waals surface area contributed by atoms with Crippen LogP contribution in [0.3, 0.4) is 0 Å². The lowest BCUT2D eigenvalue weighted by molar-refractivity contribution is -0.137. The molecule has 0 fully saturated rings. The van der Waals surface area contributed by atoms with Crippen LogP contribution < -0.4 is 0 Å². The summed E-state index contributed by atoms with van der Waals surface area (Å²) in [7, 11) is 0. The van der Waals surface area contributed by atoms with Crippen LogP contribution in [0.25, 0.3) is 0 Å². The van der Waals surface area contributed by atoms with Gasteiger partial charge in [0.05, 0.1) is 11.5 Å². The van der Waals surface area contributed by atoms with Gasteiger partial charge in [-0.3, -0.25) is 0 Å². The van der Waals surface area contributed by atoms with E-state index in [9.17, 15) is 9.90 Å². The SMILES string of the molecule is CCOC(=O)C1=C2SC(C(C)C)=C(O)N2CCS1. The Balaban J connectivity index is 2.31. The Kier molecular flexibility index (Phi) is 4.17. The van der Waals surface area contributed by atoms with Crippen LogP contribution in [0.1, 0.15) is 20.8 Å². The molecule has 0 spiro atoms. The van der Waals surface area contributed by atoms with Crippen molar-refractivity contribution in [1.82, 2.24) is 4.90 Å². The first-order valence-electron chi connectivity index (χ1n) is 5.99. The highest BCUT2D eigenvalue weighted by Crippen LogP contribution is 2.49. The van der Waals surface area contributed by atoms with E-state index in [1.165, 1.54) is 23.5 Å². The molecule has 2 heterocycles. The lowest BCUT2D eigenvalue weighted by atomic mass is 10.2. The fourth-order valence-electron chi connectivity index (χ4n) is 1.83. The molecule has 2 aliphatic rings. The Labute approximate surface area is 115 Å². The van der Waals surface area contributed by atoms with Gasteiger partial charge < -0.3 is 14.7 Å². The number of rotatable bonds is 3. The molecule has 18 heavy (non-hydrogen) atoms. The molecule has 1 N–H and O–H groups in total. The predicted octanol–water partition coefficient (Wildman–Crippen LogP) is 2.90. The first-order valence-corrected chi connectivity index (χ1v) is 7.79. The summed E-state index contributed by atoms with van der Waals surface area (Å²) in [5.74, 6) is 1.05. The van der Waals surface area contributed by atoms with Gasteiger partial charge in [-0.05, 0) is 12.8 Å². The van der Waals surface area contributed by atoms with Crippen molar-refractivity contribution in [2.75, 3.05) is 18.9 Å². The van der Waals surface area contributed by atoms with Gasteiger partial charge in [-0.15, -0.1) is 11.8 Å². The summed E-state index contributed by atoms with van der Waals surface area (Å²) < 4.78 is 5.06. The van der Waals surface area contributed by atoms with Crippen LogP contribution in [0.2, 0.25) is 0 Å².